The molecule has 3 rings (SSSR count). The fourth-order valence-corrected chi connectivity index (χ4v) is 10.2. The molecule has 2 fully saturated rings. The fourth-order valence-electron chi connectivity index (χ4n) is 8.85. The maximum atomic E-state index is 14.3. The first-order valence-corrected chi connectivity index (χ1v) is 25.2. The van der Waals surface area contributed by atoms with Crippen LogP contribution in [0.1, 0.15) is 111 Å². The first-order valence-electron chi connectivity index (χ1n) is 23.7. The molecule has 0 radical (unpaired) electrons. The van der Waals surface area contributed by atoms with Crippen molar-refractivity contribution in [2.24, 2.45) is 17.8 Å². The van der Waals surface area contributed by atoms with Crippen molar-refractivity contribution in [2.75, 3.05) is 55.0 Å². The molecule has 374 valence electrons. The Morgan fingerprint density at radius 2 is 1.52 bits per heavy atom. The highest BCUT2D eigenvalue weighted by atomic mass is 32.2. The van der Waals surface area contributed by atoms with Gasteiger partial charge < -0.3 is 40.0 Å². The minimum atomic E-state index is -3.95. The van der Waals surface area contributed by atoms with E-state index < -0.39 is 75.5 Å². The molecule has 0 bridgehead atoms. The first-order chi connectivity index (χ1) is 31.2. The number of hydrogen-bond donors (Lipinski definition) is 4. The predicted molar refractivity (Wildman–Crippen MR) is 252 cm³/mol. The standard InChI is InChI=1S/C47H79N7O11S/c1-12-14-15-16-25-48-47(60)65-34-21-19-33(20-22-34)27-36(45(58)51-66(61,62)35-23-24-35)50-44(57)32(6)43(64-11)37-18-17-26-54(37)39(55)28-38(63-10)42(31(5)13-2)53(9)40(56)29-49-46(59)41(30(3)4)52(7)8/h19-22,30-32,35-38,41-43H,12-18,23-29H2,1-11H3,(H,48,60)(H,49,59)(H,50,57)(H,51,58)/t31-,32+,36-,37-,38+,41?,42-,43+/m0/s1. The molecule has 19 heteroatoms. The molecule has 8 atom stereocenters. The van der Waals surface area contributed by atoms with Gasteiger partial charge in [-0.15, -0.1) is 0 Å². The van der Waals surface area contributed by atoms with Gasteiger partial charge in [0.25, 0.3) is 5.91 Å². The zero-order valence-electron chi connectivity index (χ0n) is 41.2. The number of ether oxygens (including phenoxy) is 3. The third-order valence-electron chi connectivity index (χ3n) is 12.9. The lowest BCUT2D eigenvalue weighted by Gasteiger charge is -2.39. The lowest BCUT2D eigenvalue weighted by atomic mass is 9.90. The number of rotatable bonds is 28. The summed E-state index contributed by atoms with van der Waals surface area (Å²) in [6, 6.07) is 3.64. The van der Waals surface area contributed by atoms with E-state index in [-0.39, 0.29) is 54.7 Å². The number of hydrogen-bond acceptors (Lipinski definition) is 12. The molecule has 18 nitrogen and oxygen atoms in total. The van der Waals surface area contributed by atoms with Gasteiger partial charge in [0.1, 0.15) is 11.8 Å². The van der Waals surface area contributed by atoms with Gasteiger partial charge in [0.05, 0.1) is 54.5 Å². The van der Waals surface area contributed by atoms with Crippen LogP contribution in [0.4, 0.5) is 4.79 Å². The van der Waals surface area contributed by atoms with Crippen molar-refractivity contribution in [2.45, 2.75) is 154 Å². The van der Waals surface area contributed by atoms with Crippen LogP contribution in [0, 0.1) is 17.8 Å². The van der Waals surface area contributed by atoms with E-state index in [9.17, 15) is 37.2 Å². The van der Waals surface area contributed by atoms with Crippen LogP contribution in [-0.4, -0.2) is 155 Å². The zero-order valence-corrected chi connectivity index (χ0v) is 42.0. The number of likely N-dealkylation sites (N-methyl/N-ethyl adjacent to an activating group) is 2. The van der Waals surface area contributed by atoms with E-state index in [1.54, 1.807) is 48.0 Å². The maximum absolute atomic E-state index is 14.3. The summed E-state index contributed by atoms with van der Waals surface area (Å²) in [5.74, 6) is -2.96. The lowest BCUT2D eigenvalue weighted by molar-refractivity contribution is -0.146. The number of nitrogens with one attached hydrogen (secondary N) is 4. The third kappa shape index (κ3) is 16.5. The molecule has 1 saturated carbocycles. The van der Waals surface area contributed by atoms with Crippen molar-refractivity contribution < 1.29 is 51.4 Å². The average Bonchev–Trinajstić information content (AvgIpc) is 4.03. The smallest absolute Gasteiger partial charge is 0.410 e. The second kappa shape index (κ2) is 26.9. The summed E-state index contributed by atoms with van der Waals surface area (Å²) in [5, 5.41) is 7.60. The predicted octanol–water partition coefficient (Wildman–Crippen LogP) is 3.61. The van der Waals surface area contributed by atoms with Gasteiger partial charge in [-0.05, 0) is 75.7 Å². The van der Waals surface area contributed by atoms with Crippen LogP contribution in [0.25, 0.3) is 0 Å². The summed E-state index contributed by atoms with van der Waals surface area (Å²) in [5.41, 5.74) is 0.569. The van der Waals surface area contributed by atoms with Gasteiger partial charge in [-0.1, -0.05) is 79.4 Å². The Kier molecular flexibility index (Phi) is 22.8. The number of benzene rings is 1. The Morgan fingerprint density at radius 1 is 0.848 bits per heavy atom. The number of likely N-dealkylation sites (tertiary alicyclic amines) is 1. The number of methoxy groups -OCH3 is 2. The van der Waals surface area contributed by atoms with Crippen LogP contribution in [0.3, 0.4) is 0 Å². The Morgan fingerprint density at radius 3 is 2.08 bits per heavy atom. The number of amides is 6. The monoisotopic (exact) mass is 950 g/mol. The van der Waals surface area contributed by atoms with E-state index >= 15 is 0 Å². The van der Waals surface area contributed by atoms with E-state index in [2.05, 4.69) is 27.6 Å². The molecule has 2 aliphatic rings. The minimum Gasteiger partial charge on any atom is -0.410 e. The Bertz CT molecular complexity index is 1850. The van der Waals surface area contributed by atoms with Gasteiger partial charge in [-0.2, -0.15) is 0 Å². The van der Waals surface area contributed by atoms with Crippen LogP contribution in [0.15, 0.2) is 24.3 Å². The van der Waals surface area contributed by atoms with Crippen LogP contribution in [0.2, 0.25) is 0 Å². The lowest BCUT2D eigenvalue weighted by Crippen LogP contribution is -2.56. The zero-order chi connectivity index (χ0) is 49.3. The van der Waals surface area contributed by atoms with Crippen molar-refractivity contribution in [3.05, 3.63) is 29.8 Å². The Labute approximate surface area is 393 Å². The van der Waals surface area contributed by atoms with Gasteiger partial charge in [-0.3, -0.25) is 33.6 Å². The second-order valence-electron chi connectivity index (χ2n) is 18.5. The van der Waals surface area contributed by atoms with Crippen molar-refractivity contribution in [3.63, 3.8) is 0 Å². The Hall–Kier alpha value is -4.33. The summed E-state index contributed by atoms with van der Waals surface area (Å²) in [4.78, 5) is 86.0. The van der Waals surface area contributed by atoms with Crippen molar-refractivity contribution in [3.8, 4) is 5.75 Å². The molecular formula is C47H79N7O11S. The normalized spacial score (nSPS) is 18.4. The summed E-state index contributed by atoms with van der Waals surface area (Å²) in [6.07, 6.45) is 4.50. The topological polar surface area (TPSA) is 222 Å². The average molecular weight is 950 g/mol. The van der Waals surface area contributed by atoms with Gasteiger partial charge in [0, 0.05) is 40.8 Å². The summed E-state index contributed by atoms with van der Waals surface area (Å²) >= 11 is 0. The summed E-state index contributed by atoms with van der Waals surface area (Å²) in [6.45, 7) is 12.3. The van der Waals surface area contributed by atoms with Crippen LogP contribution in [-0.2, 0) is 49.9 Å². The molecule has 6 amide bonds. The van der Waals surface area contributed by atoms with E-state index in [1.807, 2.05) is 46.7 Å². The number of carbonyl (C=O) groups is 6. The van der Waals surface area contributed by atoms with Crippen LogP contribution in [0.5, 0.6) is 5.75 Å². The summed E-state index contributed by atoms with van der Waals surface area (Å²) < 4.78 is 45.2. The number of unbranched alkanes of at least 4 members (excludes halogenated alkanes) is 3. The molecule has 0 spiro atoms. The third-order valence-corrected chi connectivity index (χ3v) is 14.7. The highest BCUT2D eigenvalue weighted by Gasteiger charge is 2.43. The molecule has 1 heterocycles. The largest absolute Gasteiger partial charge is 0.412 e. The summed E-state index contributed by atoms with van der Waals surface area (Å²) in [7, 11) is 4.30. The molecule has 1 unspecified atom stereocenters. The van der Waals surface area contributed by atoms with E-state index in [0.717, 1.165) is 25.7 Å². The van der Waals surface area contributed by atoms with E-state index in [0.29, 0.717) is 50.8 Å². The van der Waals surface area contributed by atoms with Crippen LogP contribution >= 0.6 is 0 Å². The number of sulfonamides is 1. The fraction of sp³-hybridized carbons (Fsp3) is 0.745. The highest BCUT2D eigenvalue weighted by molar-refractivity contribution is 7.90. The molecule has 1 saturated heterocycles. The molecule has 66 heavy (non-hydrogen) atoms. The number of nitrogens with zero attached hydrogens (tertiary/aromatic N) is 3. The van der Waals surface area contributed by atoms with Crippen molar-refractivity contribution in [1.82, 2.24) is 35.4 Å². The van der Waals surface area contributed by atoms with Gasteiger partial charge in [0.15, 0.2) is 0 Å². The second-order valence-corrected chi connectivity index (χ2v) is 20.5. The van der Waals surface area contributed by atoms with Gasteiger partial charge >= 0.3 is 6.09 Å². The molecule has 1 aliphatic carbocycles. The molecular weight excluding hydrogens is 871 g/mol. The van der Waals surface area contributed by atoms with Crippen molar-refractivity contribution >= 4 is 45.7 Å². The quantitative estimate of drug-likeness (QED) is 0.0886. The Balaban J connectivity index is 1.75. The molecule has 1 aliphatic heterocycles. The minimum absolute atomic E-state index is 0.0261. The molecule has 1 aromatic rings. The van der Waals surface area contributed by atoms with Gasteiger partial charge in [0.2, 0.25) is 33.7 Å². The maximum Gasteiger partial charge on any atom is 0.412 e. The molecule has 1 aromatic carbocycles. The highest BCUT2D eigenvalue weighted by Crippen LogP contribution is 2.30. The van der Waals surface area contributed by atoms with E-state index in [1.165, 1.54) is 14.2 Å². The van der Waals surface area contributed by atoms with Crippen LogP contribution < -0.4 is 25.4 Å². The SMILES string of the molecule is CCCCCCNC(=O)Oc1ccc(C[C@H](NC(=O)[C@H](C)[C@@H](OC)[C@@H]2CCCN2C(=O)C[C@@H](OC)[C@H]([C@@H](C)CC)N(C)C(=O)CNC(=O)C(C(C)C)N(C)C)C(=O)NS(=O)(=O)C2CC2)cc1. The first kappa shape index (κ1) is 56.0. The van der Waals surface area contributed by atoms with Crippen molar-refractivity contribution in [1.29, 1.82) is 0 Å². The molecule has 0 aromatic heterocycles. The van der Waals surface area contributed by atoms with Gasteiger partial charge in [-0.25, -0.2) is 13.2 Å². The molecule has 4 N–H and O–H groups in total. The van der Waals surface area contributed by atoms with E-state index in [4.69, 9.17) is 14.2 Å². The number of carbonyl (C=O) groups excluding carboxylic acids is 6.